The first-order chi connectivity index (χ1) is 14.8. The number of fused-ring (bicyclic) bond motifs is 1. The number of halogens is 6. The second-order valence-electron chi connectivity index (χ2n) is 8.41. The molecule has 1 saturated carbocycles. The van der Waals surface area contributed by atoms with E-state index < -0.39 is 45.9 Å². The van der Waals surface area contributed by atoms with Gasteiger partial charge in [0.15, 0.2) is 17.5 Å². The number of benzene rings is 3. The molecule has 0 radical (unpaired) electrons. The molecule has 0 saturated heterocycles. The normalized spacial score (nSPS) is 19.2. The lowest BCUT2D eigenvalue weighted by atomic mass is 9.77. The van der Waals surface area contributed by atoms with Gasteiger partial charge in [-0.1, -0.05) is 19.8 Å². The van der Waals surface area contributed by atoms with Gasteiger partial charge in [0.1, 0.15) is 17.5 Å². The fourth-order valence-electron chi connectivity index (χ4n) is 4.83. The Labute approximate surface area is 176 Å². The van der Waals surface area contributed by atoms with Gasteiger partial charge >= 0.3 is 0 Å². The Hall–Kier alpha value is -2.50. The van der Waals surface area contributed by atoms with Crippen molar-refractivity contribution in [3.05, 3.63) is 70.8 Å². The van der Waals surface area contributed by atoms with Crippen LogP contribution in [0.4, 0.5) is 26.3 Å². The number of hydrogen-bond acceptors (Lipinski definition) is 0. The van der Waals surface area contributed by atoms with Gasteiger partial charge in [0.05, 0.1) is 10.9 Å². The van der Waals surface area contributed by atoms with Crippen LogP contribution in [0, 0.1) is 40.8 Å². The molecule has 3 aromatic rings. The molecule has 164 valence electrons. The average Bonchev–Trinajstić information content (AvgIpc) is 2.72. The minimum Gasteiger partial charge on any atom is -0.206 e. The van der Waals surface area contributed by atoms with Crippen molar-refractivity contribution in [2.24, 2.45) is 5.92 Å². The van der Waals surface area contributed by atoms with E-state index in [0.29, 0.717) is 17.5 Å². The summed E-state index contributed by atoms with van der Waals surface area (Å²) < 4.78 is 85.3. The molecule has 1 aliphatic rings. The zero-order chi connectivity index (χ0) is 22.3. The summed E-state index contributed by atoms with van der Waals surface area (Å²) in [5.74, 6) is -7.21. The van der Waals surface area contributed by atoms with Crippen molar-refractivity contribution in [1.82, 2.24) is 0 Å². The van der Waals surface area contributed by atoms with Gasteiger partial charge in [0.25, 0.3) is 0 Å². The molecule has 0 aromatic heterocycles. The lowest BCUT2D eigenvalue weighted by Gasteiger charge is -2.29. The van der Waals surface area contributed by atoms with E-state index in [9.17, 15) is 26.3 Å². The van der Waals surface area contributed by atoms with Crippen LogP contribution in [0.25, 0.3) is 21.9 Å². The minimum atomic E-state index is -1.80. The third-order valence-electron chi connectivity index (χ3n) is 6.39. The molecular weight excluding hydrogens is 414 g/mol. The Kier molecular flexibility index (Phi) is 6.00. The quantitative estimate of drug-likeness (QED) is 0.284. The maximum Gasteiger partial charge on any atom is 0.195 e. The van der Waals surface area contributed by atoms with Gasteiger partial charge in [0, 0.05) is 0 Å². The van der Waals surface area contributed by atoms with E-state index >= 15 is 0 Å². The summed E-state index contributed by atoms with van der Waals surface area (Å²) in [6.07, 6.45) is 6.04. The molecule has 0 atom stereocenters. The van der Waals surface area contributed by atoms with Crippen molar-refractivity contribution in [2.75, 3.05) is 0 Å². The zero-order valence-corrected chi connectivity index (χ0v) is 17.1. The van der Waals surface area contributed by atoms with Crippen LogP contribution in [0.3, 0.4) is 0 Å². The number of hydrogen-bond donors (Lipinski definition) is 0. The maximum atomic E-state index is 14.9. The standard InChI is InChI=1S/C25H22F6/c1-2-3-13-4-6-14(7-5-13)15-9-18(26)22(19(27)10-15)16-8-17-12-21(29)24(30)25(31)23(17)20(28)11-16/h8-14H,2-7H2,1H3/t13-,14-. The highest BCUT2D eigenvalue weighted by Crippen LogP contribution is 2.40. The zero-order valence-electron chi connectivity index (χ0n) is 17.1. The van der Waals surface area contributed by atoms with Crippen LogP contribution in [0.2, 0.25) is 0 Å². The highest BCUT2D eigenvalue weighted by atomic mass is 19.2. The van der Waals surface area contributed by atoms with Gasteiger partial charge in [0.2, 0.25) is 0 Å². The van der Waals surface area contributed by atoms with Crippen LogP contribution in [0.5, 0.6) is 0 Å². The summed E-state index contributed by atoms with van der Waals surface area (Å²) in [7, 11) is 0. The third-order valence-corrected chi connectivity index (χ3v) is 6.39. The van der Waals surface area contributed by atoms with Gasteiger partial charge in [-0.05, 0) is 84.4 Å². The second kappa shape index (κ2) is 8.56. The Morgan fingerprint density at radius 2 is 1.35 bits per heavy atom. The molecule has 0 spiro atoms. The monoisotopic (exact) mass is 436 g/mol. The van der Waals surface area contributed by atoms with Gasteiger partial charge in [-0.3, -0.25) is 0 Å². The van der Waals surface area contributed by atoms with Gasteiger partial charge in [-0.2, -0.15) is 0 Å². The highest BCUT2D eigenvalue weighted by Gasteiger charge is 2.25. The fourth-order valence-corrected chi connectivity index (χ4v) is 4.83. The Balaban J connectivity index is 1.71. The SMILES string of the molecule is CCC[C@H]1CC[C@H](c2cc(F)c(-c3cc(F)c4c(F)c(F)c(F)cc4c3)c(F)c2)CC1. The van der Waals surface area contributed by atoms with Crippen molar-refractivity contribution >= 4 is 10.8 Å². The average molecular weight is 436 g/mol. The first-order valence-corrected chi connectivity index (χ1v) is 10.6. The Bertz CT molecular complexity index is 1110. The lowest BCUT2D eigenvalue weighted by Crippen LogP contribution is -2.13. The summed E-state index contributed by atoms with van der Waals surface area (Å²) in [6.45, 7) is 2.14. The summed E-state index contributed by atoms with van der Waals surface area (Å²) in [5, 5.41) is -1.08. The van der Waals surface area contributed by atoms with Crippen LogP contribution in [-0.4, -0.2) is 0 Å². The van der Waals surface area contributed by atoms with E-state index in [1.54, 1.807) is 0 Å². The predicted molar refractivity (Wildman–Crippen MR) is 109 cm³/mol. The molecule has 0 heterocycles. The molecule has 4 rings (SSSR count). The van der Waals surface area contributed by atoms with Crippen LogP contribution in [0.15, 0.2) is 30.3 Å². The van der Waals surface area contributed by atoms with Crippen molar-refractivity contribution in [3.8, 4) is 11.1 Å². The van der Waals surface area contributed by atoms with Gasteiger partial charge in [-0.25, -0.2) is 26.3 Å². The summed E-state index contributed by atoms with van der Waals surface area (Å²) in [4.78, 5) is 0. The van der Waals surface area contributed by atoms with Crippen molar-refractivity contribution in [1.29, 1.82) is 0 Å². The summed E-state index contributed by atoms with van der Waals surface area (Å²) >= 11 is 0. The van der Waals surface area contributed by atoms with E-state index in [1.807, 2.05) is 0 Å². The van der Waals surface area contributed by atoms with E-state index in [0.717, 1.165) is 50.7 Å². The summed E-state index contributed by atoms with van der Waals surface area (Å²) in [6, 6.07) is 4.93. The van der Waals surface area contributed by atoms with E-state index in [2.05, 4.69) is 6.92 Å². The predicted octanol–water partition coefficient (Wildman–Crippen LogP) is 8.42. The molecule has 0 nitrogen and oxygen atoms in total. The third kappa shape index (κ3) is 4.04. The van der Waals surface area contributed by atoms with Crippen LogP contribution in [-0.2, 0) is 0 Å². The largest absolute Gasteiger partial charge is 0.206 e. The molecule has 6 heteroatoms. The van der Waals surface area contributed by atoms with Crippen LogP contribution in [0.1, 0.15) is 56.9 Å². The Morgan fingerprint density at radius 3 is 1.97 bits per heavy atom. The number of rotatable bonds is 4. The summed E-state index contributed by atoms with van der Waals surface area (Å²) in [5.41, 5.74) is -0.118. The molecular formula is C25H22F6. The van der Waals surface area contributed by atoms with Crippen molar-refractivity contribution < 1.29 is 26.3 Å². The first-order valence-electron chi connectivity index (χ1n) is 10.6. The second-order valence-corrected chi connectivity index (χ2v) is 8.41. The van der Waals surface area contributed by atoms with E-state index in [-0.39, 0.29) is 16.9 Å². The molecule has 3 aromatic carbocycles. The molecule has 1 aliphatic carbocycles. The van der Waals surface area contributed by atoms with Gasteiger partial charge in [-0.15, -0.1) is 0 Å². The molecule has 0 aliphatic heterocycles. The van der Waals surface area contributed by atoms with Crippen molar-refractivity contribution in [3.63, 3.8) is 0 Å². The minimum absolute atomic E-state index is 0.0608. The lowest BCUT2D eigenvalue weighted by molar-refractivity contribution is 0.307. The highest BCUT2D eigenvalue weighted by molar-refractivity contribution is 5.88. The van der Waals surface area contributed by atoms with Crippen molar-refractivity contribution in [2.45, 2.75) is 51.4 Å². The fraction of sp³-hybridized carbons (Fsp3) is 0.360. The van der Waals surface area contributed by atoms with Crippen LogP contribution >= 0.6 is 0 Å². The van der Waals surface area contributed by atoms with E-state index in [1.165, 1.54) is 12.1 Å². The maximum absolute atomic E-state index is 14.9. The van der Waals surface area contributed by atoms with Crippen LogP contribution < -0.4 is 0 Å². The molecule has 0 amide bonds. The Morgan fingerprint density at radius 1 is 0.710 bits per heavy atom. The molecule has 0 bridgehead atoms. The van der Waals surface area contributed by atoms with E-state index in [4.69, 9.17) is 0 Å². The molecule has 31 heavy (non-hydrogen) atoms. The molecule has 0 N–H and O–H groups in total. The first kappa shape index (κ1) is 21.7. The molecule has 0 unspecified atom stereocenters. The molecule has 1 fully saturated rings. The van der Waals surface area contributed by atoms with Gasteiger partial charge < -0.3 is 0 Å². The topological polar surface area (TPSA) is 0 Å². The smallest absolute Gasteiger partial charge is 0.195 e.